The minimum absolute atomic E-state index is 0.0577. The first kappa shape index (κ1) is 38.1. The van der Waals surface area contributed by atoms with Crippen LogP contribution in [0.1, 0.15) is 0 Å². The normalized spacial score (nSPS) is 30.1. The molecule has 0 radical (unpaired) electrons. The van der Waals surface area contributed by atoms with Crippen LogP contribution < -0.4 is 14.2 Å². The lowest BCUT2D eigenvalue weighted by Crippen LogP contribution is -2.68. The van der Waals surface area contributed by atoms with E-state index in [1.807, 2.05) is 42.5 Å². The van der Waals surface area contributed by atoms with E-state index in [0.29, 0.717) is 17.2 Å². The predicted octanol–water partition coefficient (Wildman–Crippen LogP) is -0.924. The Balaban J connectivity index is 1.17. The molecule has 2 aliphatic heterocycles. The monoisotopic (exact) mass is 730 g/mol. The van der Waals surface area contributed by atoms with E-state index in [2.05, 4.69) is 4.98 Å². The molecule has 1 aromatic heterocycles. The van der Waals surface area contributed by atoms with Gasteiger partial charge in [-0.05, 0) is 30.3 Å². The number of rotatable bonds is 15. The van der Waals surface area contributed by atoms with Gasteiger partial charge in [-0.25, -0.2) is 0 Å². The van der Waals surface area contributed by atoms with Crippen molar-refractivity contribution in [1.29, 1.82) is 0 Å². The van der Waals surface area contributed by atoms with Gasteiger partial charge in [0.15, 0.2) is 17.8 Å². The standard InChI is InChI=1S/C36H46N2O14/c1-47-25-10-4-5-11-26(25)48-14-13-38(15-20(40)17-49-27-12-6-9-23-29(27)21-7-2-3-8-22(21)37-23)19-36(46)34(45)33(24(41)18-50-36)52-35-32(44)31(43)30(42)28(16-39)51-35/h2-12,20,24,28,30-35,37,39-46H,13-19H2,1H3/t20-,24-,28-,30+,31+,32-,33-,34+,35+,36+/m1/s1. The largest absolute Gasteiger partial charge is 0.493 e. The second-order valence-electron chi connectivity index (χ2n) is 13.0. The molecule has 2 aliphatic rings. The van der Waals surface area contributed by atoms with E-state index in [4.69, 9.17) is 28.4 Å². The van der Waals surface area contributed by atoms with Crippen molar-refractivity contribution in [3.63, 3.8) is 0 Å². The molecule has 2 saturated heterocycles. The number of H-pyrrole nitrogens is 1. The summed E-state index contributed by atoms with van der Waals surface area (Å²) in [5.74, 6) is -0.865. The number of ether oxygens (including phenoxy) is 6. The molecule has 0 saturated carbocycles. The van der Waals surface area contributed by atoms with E-state index in [0.717, 1.165) is 21.8 Å². The van der Waals surface area contributed by atoms with Gasteiger partial charge in [0, 0.05) is 29.4 Å². The van der Waals surface area contributed by atoms with Gasteiger partial charge in [-0.3, -0.25) is 4.90 Å². The third kappa shape index (κ3) is 8.13. The molecule has 284 valence electrons. The zero-order chi connectivity index (χ0) is 37.0. The van der Waals surface area contributed by atoms with E-state index >= 15 is 0 Å². The smallest absolute Gasteiger partial charge is 0.207 e. The zero-order valence-electron chi connectivity index (χ0n) is 28.5. The first-order valence-corrected chi connectivity index (χ1v) is 17.0. The van der Waals surface area contributed by atoms with E-state index < -0.39 is 80.7 Å². The van der Waals surface area contributed by atoms with Gasteiger partial charge in [0.05, 0.1) is 32.4 Å². The van der Waals surface area contributed by atoms with Crippen LogP contribution in [0.25, 0.3) is 21.8 Å². The van der Waals surface area contributed by atoms with Crippen LogP contribution in [0.3, 0.4) is 0 Å². The average Bonchev–Trinajstić information content (AvgIpc) is 3.54. The summed E-state index contributed by atoms with van der Waals surface area (Å²) >= 11 is 0. The molecule has 16 nitrogen and oxygen atoms in total. The fraction of sp³-hybridized carbons (Fsp3) is 0.500. The Hall–Kier alpha value is -3.62. The highest BCUT2D eigenvalue weighted by Crippen LogP contribution is 2.34. The number of nitrogens with one attached hydrogen (secondary N) is 1. The van der Waals surface area contributed by atoms with Gasteiger partial charge in [0.2, 0.25) is 5.79 Å². The summed E-state index contributed by atoms with van der Waals surface area (Å²) in [6.45, 7) is -1.71. The number of nitrogens with zero attached hydrogens (tertiary/aromatic N) is 1. The molecule has 52 heavy (non-hydrogen) atoms. The Labute approximate surface area is 298 Å². The van der Waals surface area contributed by atoms with E-state index in [1.54, 1.807) is 29.2 Å². The fourth-order valence-electron chi connectivity index (χ4n) is 6.62. The topological polar surface area (TPSA) is 236 Å². The van der Waals surface area contributed by atoms with Crippen molar-refractivity contribution in [2.75, 3.05) is 53.2 Å². The molecule has 10 atom stereocenters. The van der Waals surface area contributed by atoms with Crippen LogP contribution in [-0.2, 0) is 14.2 Å². The number of methoxy groups -OCH3 is 1. The molecule has 0 amide bonds. The summed E-state index contributed by atoms with van der Waals surface area (Å²) in [7, 11) is 1.51. The SMILES string of the molecule is COc1ccccc1OCCN(C[C@@H](O)COc1cccc2[nH]c3ccccc3c12)C[C@]1(O)OC[C@@H](O)[C@@H](O[C@@H]2O[C@H](CO)[C@H](O)[C@H](O)[C@H]2O)[C@@H]1O. The summed E-state index contributed by atoms with van der Waals surface area (Å²) < 4.78 is 34.0. The third-order valence-electron chi connectivity index (χ3n) is 9.37. The lowest BCUT2D eigenvalue weighted by molar-refractivity contribution is -0.370. The number of aromatic amines is 1. The second-order valence-corrected chi connectivity index (χ2v) is 13.0. The van der Waals surface area contributed by atoms with Crippen molar-refractivity contribution >= 4 is 21.8 Å². The molecule has 2 fully saturated rings. The van der Waals surface area contributed by atoms with Crippen molar-refractivity contribution in [2.45, 2.75) is 60.9 Å². The number of hydrogen-bond donors (Lipinski definition) is 9. The maximum Gasteiger partial charge on any atom is 0.207 e. The van der Waals surface area contributed by atoms with Crippen LogP contribution in [0.15, 0.2) is 66.7 Å². The number of hydrogen-bond acceptors (Lipinski definition) is 15. The van der Waals surface area contributed by atoms with Crippen LogP contribution >= 0.6 is 0 Å². The van der Waals surface area contributed by atoms with E-state index in [9.17, 15) is 40.9 Å². The number of fused-ring (bicyclic) bond motifs is 3. The first-order chi connectivity index (χ1) is 25.0. The van der Waals surface area contributed by atoms with Gasteiger partial charge in [-0.1, -0.05) is 36.4 Å². The highest BCUT2D eigenvalue weighted by molar-refractivity contribution is 6.10. The van der Waals surface area contributed by atoms with Crippen LogP contribution in [0.2, 0.25) is 0 Å². The third-order valence-corrected chi connectivity index (χ3v) is 9.37. The summed E-state index contributed by atoms with van der Waals surface area (Å²) in [6.07, 6.45) is -14.4. The molecular weight excluding hydrogens is 684 g/mol. The molecule has 0 spiro atoms. The maximum atomic E-state index is 11.7. The maximum absolute atomic E-state index is 11.7. The average molecular weight is 731 g/mol. The molecule has 9 N–H and O–H groups in total. The van der Waals surface area contributed by atoms with Gasteiger partial charge in [-0.2, -0.15) is 0 Å². The number of aliphatic hydroxyl groups is 8. The molecule has 16 heteroatoms. The van der Waals surface area contributed by atoms with Crippen molar-refractivity contribution in [3.8, 4) is 17.2 Å². The van der Waals surface area contributed by atoms with Gasteiger partial charge in [-0.15, -0.1) is 0 Å². The Bertz CT molecular complexity index is 1760. The van der Waals surface area contributed by atoms with Crippen LogP contribution in [0.5, 0.6) is 17.2 Å². The Morgan fingerprint density at radius 1 is 0.885 bits per heavy atom. The minimum Gasteiger partial charge on any atom is -0.493 e. The number of para-hydroxylation sites is 3. The van der Waals surface area contributed by atoms with Gasteiger partial charge >= 0.3 is 0 Å². The molecule has 0 aliphatic carbocycles. The molecule has 0 unspecified atom stereocenters. The fourth-order valence-corrected chi connectivity index (χ4v) is 6.62. The Morgan fingerprint density at radius 2 is 1.60 bits per heavy atom. The number of aromatic nitrogens is 1. The summed E-state index contributed by atoms with van der Waals surface area (Å²) in [6, 6.07) is 20.4. The molecular formula is C36H46N2O14. The van der Waals surface area contributed by atoms with Gasteiger partial charge < -0.3 is 74.3 Å². The molecule has 6 rings (SSSR count). The lowest BCUT2D eigenvalue weighted by Gasteiger charge is -2.47. The minimum atomic E-state index is -2.39. The highest BCUT2D eigenvalue weighted by Gasteiger charge is 2.53. The van der Waals surface area contributed by atoms with Crippen molar-refractivity contribution in [3.05, 3.63) is 66.7 Å². The Morgan fingerprint density at radius 3 is 2.37 bits per heavy atom. The van der Waals surface area contributed by atoms with E-state index in [1.165, 1.54) is 7.11 Å². The van der Waals surface area contributed by atoms with Crippen LogP contribution in [0.4, 0.5) is 0 Å². The predicted molar refractivity (Wildman–Crippen MR) is 184 cm³/mol. The zero-order valence-corrected chi connectivity index (χ0v) is 28.5. The quantitative estimate of drug-likeness (QED) is 0.0719. The number of benzene rings is 3. The molecule has 4 aromatic rings. The first-order valence-electron chi connectivity index (χ1n) is 17.0. The van der Waals surface area contributed by atoms with Crippen molar-refractivity contribution in [2.24, 2.45) is 0 Å². The van der Waals surface area contributed by atoms with Gasteiger partial charge in [0.1, 0.15) is 67.8 Å². The van der Waals surface area contributed by atoms with Crippen LogP contribution in [-0.4, -0.2) is 165 Å². The number of aliphatic hydroxyl groups excluding tert-OH is 7. The molecule has 3 aromatic carbocycles. The van der Waals surface area contributed by atoms with Crippen LogP contribution in [0, 0.1) is 0 Å². The Kier molecular flexibility index (Phi) is 12.2. The summed E-state index contributed by atoms with van der Waals surface area (Å²) in [5.41, 5.74) is 1.81. The van der Waals surface area contributed by atoms with Crippen molar-refractivity contribution < 1.29 is 69.3 Å². The second kappa shape index (κ2) is 16.6. The van der Waals surface area contributed by atoms with Crippen molar-refractivity contribution in [1.82, 2.24) is 9.88 Å². The highest BCUT2D eigenvalue weighted by atomic mass is 16.7. The summed E-state index contributed by atoms with van der Waals surface area (Å²) in [4.78, 5) is 4.94. The lowest BCUT2D eigenvalue weighted by atomic mass is 9.95. The van der Waals surface area contributed by atoms with Gasteiger partial charge in [0.25, 0.3) is 0 Å². The molecule has 0 bridgehead atoms. The summed E-state index contributed by atoms with van der Waals surface area (Å²) in [5, 5.41) is 87.2. The molecule has 3 heterocycles. The van der Waals surface area contributed by atoms with E-state index in [-0.39, 0.29) is 26.3 Å².